The van der Waals surface area contributed by atoms with Gasteiger partial charge in [-0.3, -0.25) is 9.69 Å². The van der Waals surface area contributed by atoms with E-state index >= 15 is 0 Å². The van der Waals surface area contributed by atoms with Crippen LogP contribution >= 0.6 is 0 Å². The third-order valence-electron chi connectivity index (χ3n) is 3.26. The predicted molar refractivity (Wildman–Crippen MR) is 66.3 cm³/mol. The summed E-state index contributed by atoms with van der Waals surface area (Å²) in [7, 11) is -3.15. The van der Waals surface area contributed by atoms with E-state index in [0.717, 1.165) is 5.69 Å². The summed E-state index contributed by atoms with van der Waals surface area (Å²) < 4.78 is 28.3. The summed E-state index contributed by atoms with van der Waals surface area (Å²) in [6.07, 6.45) is 1.15. The zero-order valence-corrected chi connectivity index (χ0v) is 11.4. The van der Waals surface area contributed by atoms with Crippen molar-refractivity contribution < 1.29 is 22.7 Å². The first-order chi connectivity index (χ1) is 8.87. The smallest absolute Gasteiger partial charge is 0.304 e. The molecule has 0 amide bonds. The average Bonchev–Trinajstić information content (AvgIpc) is 2.67. The summed E-state index contributed by atoms with van der Waals surface area (Å²) in [6, 6.07) is -0.507. The molecule has 106 valence electrons. The van der Waals surface area contributed by atoms with Gasteiger partial charge in [0.1, 0.15) is 5.76 Å². The molecule has 1 aliphatic heterocycles. The number of hydrogen-bond acceptors (Lipinski definition) is 6. The molecule has 1 atom stereocenters. The van der Waals surface area contributed by atoms with E-state index in [-0.39, 0.29) is 17.9 Å². The van der Waals surface area contributed by atoms with Crippen molar-refractivity contribution in [1.82, 2.24) is 9.88 Å². The number of hydrogen-bond donors (Lipinski definition) is 1. The SMILES string of the molecule is Cc1ocnc1CN1CCS(=O)(=O)CC1CC(=O)O. The molecule has 0 saturated carbocycles. The van der Waals surface area contributed by atoms with Crippen molar-refractivity contribution in [1.29, 1.82) is 0 Å². The van der Waals surface area contributed by atoms with Crippen molar-refractivity contribution in [2.75, 3.05) is 18.1 Å². The second-order valence-corrected chi connectivity index (χ2v) is 6.92. The van der Waals surface area contributed by atoms with E-state index in [0.29, 0.717) is 18.8 Å². The Morgan fingerprint density at radius 1 is 1.63 bits per heavy atom. The molecule has 1 aromatic rings. The Balaban J connectivity index is 2.13. The van der Waals surface area contributed by atoms with Crippen LogP contribution in [0.1, 0.15) is 17.9 Å². The molecule has 0 bridgehead atoms. The first kappa shape index (κ1) is 14.0. The summed E-state index contributed by atoms with van der Waals surface area (Å²) in [4.78, 5) is 16.7. The van der Waals surface area contributed by atoms with Crippen molar-refractivity contribution in [3.8, 4) is 0 Å². The molecule has 1 aliphatic rings. The minimum atomic E-state index is -3.15. The normalized spacial score (nSPS) is 23.3. The first-order valence-electron chi connectivity index (χ1n) is 5.92. The standard InChI is InChI=1S/C11H16N2O5S/c1-8-10(12-7-18-8)5-13-2-3-19(16,17)6-9(13)4-11(14)15/h7,9H,2-6H2,1H3,(H,14,15). The maximum absolute atomic E-state index is 11.6. The Hall–Kier alpha value is -1.41. The van der Waals surface area contributed by atoms with Gasteiger partial charge in [0.2, 0.25) is 0 Å². The van der Waals surface area contributed by atoms with E-state index in [1.165, 1.54) is 6.39 Å². The van der Waals surface area contributed by atoms with Crippen LogP contribution < -0.4 is 0 Å². The number of oxazole rings is 1. The van der Waals surface area contributed by atoms with Gasteiger partial charge in [-0.1, -0.05) is 0 Å². The molecule has 2 heterocycles. The molecule has 1 N–H and O–H groups in total. The molecule has 0 spiro atoms. The van der Waals surface area contributed by atoms with Crippen molar-refractivity contribution in [2.24, 2.45) is 0 Å². The van der Waals surface area contributed by atoms with Crippen molar-refractivity contribution >= 4 is 15.8 Å². The van der Waals surface area contributed by atoms with Crippen LogP contribution in [-0.2, 0) is 21.2 Å². The Morgan fingerprint density at radius 3 is 2.95 bits per heavy atom. The summed E-state index contributed by atoms with van der Waals surface area (Å²) in [5.41, 5.74) is 0.717. The molecule has 0 radical (unpaired) electrons. The van der Waals surface area contributed by atoms with Crippen LogP contribution in [0.4, 0.5) is 0 Å². The lowest BCUT2D eigenvalue weighted by Crippen LogP contribution is -2.48. The minimum Gasteiger partial charge on any atom is -0.481 e. The van der Waals surface area contributed by atoms with Crippen LogP contribution in [-0.4, -0.2) is 53.5 Å². The van der Waals surface area contributed by atoms with E-state index in [1.807, 2.05) is 4.90 Å². The highest BCUT2D eigenvalue weighted by molar-refractivity contribution is 7.91. The number of aromatic nitrogens is 1. The second-order valence-electron chi connectivity index (χ2n) is 4.69. The average molecular weight is 288 g/mol. The molecule has 8 heteroatoms. The molecule has 0 aliphatic carbocycles. The molecule has 1 saturated heterocycles. The van der Waals surface area contributed by atoms with Gasteiger partial charge in [0.25, 0.3) is 0 Å². The fourth-order valence-electron chi connectivity index (χ4n) is 2.19. The topological polar surface area (TPSA) is 101 Å². The fourth-order valence-corrected chi connectivity index (χ4v) is 3.79. The number of aliphatic carboxylic acids is 1. The van der Waals surface area contributed by atoms with Gasteiger partial charge in [-0.25, -0.2) is 13.4 Å². The zero-order chi connectivity index (χ0) is 14.0. The quantitative estimate of drug-likeness (QED) is 0.835. The van der Waals surface area contributed by atoms with Crippen LogP contribution in [0.15, 0.2) is 10.8 Å². The molecule has 0 aromatic carbocycles. The number of carbonyl (C=O) groups is 1. The lowest BCUT2D eigenvalue weighted by atomic mass is 10.2. The molecule has 1 fully saturated rings. The van der Waals surface area contributed by atoms with Crippen LogP contribution in [0.5, 0.6) is 0 Å². The van der Waals surface area contributed by atoms with E-state index in [1.54, 1.807) is 6.92 Å². The van der Waals surface area contributed by atoms with Gasteiger partial charge in [0, 0.05) is 19.1 Å². The third-order valence-corrected chi connectivity index (χ3v) is 4.96. The number of aryl methyl sites for hydroxylation is 1. The Bertz CT molecular complexity index is 565. The first-order valence-corrected chi connectivity index (χ1v) is 7.75. The third kappa shape index (κ3) is 3.54. The highest BCUT2D eigenvalue weighted by Crippen LogP contribution is 2.19. The van der Waals surface area contributed by atoms with Crippen molar-refractivity contribution in [2.45, 2.75) is 25.9 Å². The maximum atomic E-state index is 11.6. The summed E-state index contributed by atoms with van der Waals surface area (Å²) in [5, 5.41) is 8.88. The Kier molecular flexibility index (Phi) is 3.91. The van der Waals surface area contributed by atoms with E-state index in [9.17, 15) is 13.2 Å². The lowest BCUT2D eigenvalue weighted by Gasteiger charge is -2.34. The summed E-state index contributed by atoms with van der Waals surface area (Å²) in [6.45, 7) is 2.51. The molecule has 2 rings (SSSR count). The second kappa shape index (κ2) is 5.30. The van der Waals surface area contributed by atoms with Gasteiger partial charge in [0.05, 0.1) is 23.6 Å². The molecule has 19 heavy (non-hydrogen) atoms. The highest BCUT2D eigenvalue weighted by atomic mass is 32.2. The minimum absolute atomic E-state index is 0.0556. The predicted octanol–water partition coefficient (Wildman–Crippen LogP) is 0.0567. The number of nitrogens with zero attached hydrogens (tertiary/aromatic N) is 2. The van der Waals surface area contributed by atoms with Crippen LogP contribution in [0, 0.1) is 6.92 Å². The van der Waals surface area contributed by atoms with E-state index in [4.69, 9.17) is 9.52 Å². The van der Waals surface area contributed by atoms with Gasteiger partial charge >= 0.3 is 5.97 Å². The van der Waals surface area contributed by atoms with Crippen molar-refractivity contribution in [3.05, 3.63) is 17.8 Å². The van der Waals surface area contributed by atoms with Crippen LogP contribution in [0.25, 0.3) is 0 Å². The van der Waals surface area contributed by atoms with Gasteiger partial charge in [-0.2, -0.15) is 0 Å². The van der Waals surface area contributed by atoms with E-state index < -0.39 is 21.8 Å². The summed E-state index contributed by atoms with van der Waals surface area (Å²) in [5.74, 6) is -0.387. The van der Waals surface area contributed by atoms with Crippen LogP contribution in [0.2, 0.25) is 0 Å². The zero-order valence-electron chi connectivity index (χ0n) is 10.6. The van der Waals surface area contributed by atoms with E-state index in [2.05, 4.69) is 4.98 Å². The van der Waals surface area contributed by atoms with Crippen LogP contribution in [0.3, 0.4) is 0 Å². The number of carboxylic acids is 1. The number of sulfone groups is 1. The fraction of sp³-hybridized carbons (Fsp3) is 0.636. The molecular weight excluding hydrogens is 272 g/mol. The van der Waals surface area contributed by atoms with Gasteiger partial charge in [-0.05, 0) is 6.92 Å². The molecule has 7 nitrogen and oxygen atoms in total. The number of rotatable bonds is 4. The van der Waals surface area contributed by atoms with Gasteiger partial charge in [0.15, 0.2) is 16.2 Å². The molecule has 1 unspecified atom stereocenters. The Morgan fingerprint density at radius 2 is 2.37 bits per heavy atom. The van der Waals surface area contributed by atoms with Gasteiger partial charge < -0.3 is 9.52 Å². The monoisotopic (exact) mass is 288 g/mol. The van der Waals surface area contributed by atoms with Gasteiger partial charge in [-0.15, -0.1) is 0 Å². The molecular formula is C11H16N2O5S. The maximum Gasteiger partial charge on any atom is 0.304 e. The lowest BCUT2D eigenvalue weighted by molar-refractivity contribution is -0.138. The summed E-state index contributed by atoms with van der Waals surface area (Å²) >= 11 is 0. The Labute approximate surface area is 111 Å². The highest BCUT2D eigenvalue weighted by Gasteiger charge is 2.33. The number of carboxylic acid groups (broad SMARTS) is 1. The van der Waals surface area contributed by atoms with Crippen molar-refractivity contribution in [3.63, 3.8) is 0 Å². The largest absolute Gasteiger partial charge is 0.481 e. The molecule has 1 aromatic heterocycles.